The Kier molecular flexibility index (Phi) is 6.03. The summed E-state index contributed by atoms with van der Waals surface area (Å²) in [5.74, 6) is -0.179. The van der Waals surface area contributed by atoms with Crippen molar-refractivity contribution in [2.45, 2.75) is 19.8 Å². The van der Waals surface area contributed by atoms with Crippen molar-refractivity contribution in [3.05, 3.63) is 53.6 Å². The zero-order valence-corrected chi connectivity index (χ0v) is 19.6. The number of piperazine rings is 1. The fourth-order valence-electron chi connectivity index (χ4n) is 4.89. The Labute approximate surface area is 197 Å². The van der Waals surface area contributed by atoms with E-state index in [9.17, 15) is 14.7 Å². The van der Waals surface area contributed by atoms with Crippen molar-refractivity contribution in [2.75, 3.05) is 49.1 Å². The Morgan fingerprint density at radius 1 is 1.15 bits per heavy atom. The molecule has 0 saturated carbocycles. The number of carbonyl (C=O) groups is 2. The van der Waals surface area contributed by atoms with E-state index in [-0.39, 0.29) is 18.4 Å². The van der Waals surface area contributed by atoms with E-state index < -0.39 is 5.97 Å². The van der Waals surface area contributed by atoms with E-state index in [0.29, 0.717) is 6.42 Å². The molecule has 3 aromatic rings. The molecule has 0 spiro atoms. The fourth-order valence-corrected chi connectivity index (χ4v) is 5.69. The molecule has 1 aromatic heterocycles. The second-order valence-corrected chi connectivity index (χ2v) is 9.77. The number of rotatable bonds is 6. The van der Waals surface area contributed by atoms with Crippen molar-refractivity contribution < 1.29 is 14.7 Å². The highest BCUT2D eigenvalue weighted by atomic mass is 32.1. The summed E-state index contributed by atoms with van der Waals surface area (Å²) in [6, 6.07) is 14.5. The van der Waals surface area contributed by atoms with Crippen LogP contribution in [0, 0.1) is 5.92 Å². The van der Waals surface area contributed by atoms with Gasteiger partial charge in [0.05, 0.1) is 4.70 Å². The first-order valence-electron chi connectivity index (χ1n) is 11.5. The largest absolute Gasteiger partial charge is 0.480 e. The van der Waals surface area contributed by atoms with Gasteiger partial charge in [-0.25, -0.2) is 0 Å². The average molecular weight is 465 g/mol. The van der Waals surface area contributed by atoms with Gasteiger partial charge in [-0.3, -0.25) is 14.5 Å². The number of aromatic nitrogens is 1. The summed E-state index contributed by atoms with van der Waals surface area (Å²) < 4.78 is 5.93. The lowest BCUT2D eigenvalue weighted by Gasteiger charge is -2.35. The summed E-state index contributed by atoms with van der Waals surface area (Å²) in [6.45, 7) is 6.54. The topological polar surface area (TPSA) is 77.0 Å². The summed E-state index contributed by atoms with van der Waals surface area (Å²) in [7, 11) is 0. The van der Waals surface area contributed by atoms with Crippen LogP contribution in [0.4, 0.5) is 11.5 Å². The van der Waals surface area contributed by atoms with Gasteiger partial charge >= 0.3 is 5.97 Å². The molecule has 8 heteroatoms. The number of carboxylic acid groups (broad SMARTS) is 1. The number of amides is 1. The van der Waals surface area contributed by atoms with Crippen molar-refractivity contribution in [3.8, 4) is 0 Å². The molecule has 0 bridgehead atoms. The average Bonchev–Trinajstić information content (AvgIpc) is 3.25. The molecule has 0 radical (unpaired) electrons. The third-order valence-corrected chi connectivity index (χ3v) is 7.51. The monoisotopic (exact) mass is 464 g/mol. The molecule has 2 aromatic carbocycles. The Morgan fingerprint density at radius 2 is 1.94 bits per heavy atom. The molecule has 33 heavy (non-hydrogen) atoms. The minimum absolute atomic E-state index is 0.108. The van der Waals surface area contributed by atoms with Crippen LogP contribution in [0.2, 0.25) is 0 Å². The number of carboxylic acids is 1. The highest BCUT2D eigenvalue weighted by Gasteiger charge is 2.31. The molecule has 172 valence electrons. The maximum Gasteiger partial charge on any atom is 0.323 e. The predicted molar refractivity (Wildman–Crippen MR) is 131 cm³/mol. The van der Waals surface area contributed by atoms with E-state index in [1.807, 2.05) is 19.1 Å². The molecule has 5 rings (SSSR count). The van der Waals surface area contributed by atoms with Crippen LogP contribution < -0.4 is 9.80 Å². The highest BCUT2D eigenvalue weighted by Crippen LogP contribution is 2.32. The van der Waals surface area contributed by atoms with E-state index in [4.69, 9.17) is 4.37 Å². The maximum atomic E-state index is 12.5. The zero-order valence-electron chi connectivity index (χ0n) is 18.7. The molecule has 2 aliphatic heterocycles. The van der Waals surface area contributed by atoms with Crippen LogP contribution in [0.3, 0.4) is 0 Å². The summed E-state index contributed by atoms with van der Waals surface area (Å²) in [4.78, 5) is 30.0. The van der Waals surface area contributed by atoms with Crippen molar-refractivity contribution in [1.82, 2.24) is 9.27 Å². The van der Waals surface area contributed by atoms with Crippen LogP contribution >= 0.6 is 11.5 Å². The van der Waals surface area contributed by atoms with Crippen LogP contribution in [0.15, 0.2) is 42.5 Å². The van der Waals surface area contributed by atoms with E-state index in [2.05, 4.69) is 40.1 Å². The minimum Gasteiger partial charge on any atom is -0.480 e. The van der Waals surface area contributed by atoms with Gasteiger partial charge in [-0.15, -0.1) is 0 Å². The van der Waals surface area contributed by atoms with Crippen molar-refractivity contribution >= 4 is 45.0 Å². The molecule has 1 amide bonds. The van der Waals surface area contributed by atoms with Crippen LogP contribution in [0.25, 0.3) is 10.1 Å². The van der Waals surface area contributed by atoms with Crippen LogP contribution in [0.1, 0.15) is 18.1 Å². The summed E-state index contributed by atoms with van der Waals surface area (Å²) >= 11 is 1.57. The first-order chi connectivity index (χ1) is 16.0. The van der Waals surface area contributed by atoms with Crippen LogP contribution in [-0.4, -0.2) is 65.5 Å². The normalized spacial score (nSPS) is 19.2. The summed E-state index contributed by atoms with van der Waals surface area (Å²) in [6.07, 6.45) is 1.60. The summed E-state index contributed by atoms with van der Waals surface area (Å²) in [5, 5.41) is 10.4. The Balaban J connectivity index is 1.20. The van der Waals surface area contributed by atoms with Gasteiger partial charge in [-0.1, -0.05) is 31.2 Å². The quantitative estimate of drug-likeness (QED) is 0.603. The number of hydrogen-bond donors (Lipinski definition) is 1. The Hall–Kier alpha value is -2.97. The van der Waals surface area contributed by atoms with Gasteiger partial charge in [0, 0.05) is 49.7 Å². The van der Waals surface area contributed by atoms with E-state index >= 15 is 0 Å². The molecule has 1 saturated heterocycles. The molecule has 3 heterocycles. The van der Waals surface area contributed by atoms with Crippen LogP contribution in [0.5, 0.6) is 0 Å². The van der Waals surface area contributed by atoms with Gasteiger partial charge in [-0.2, -0.15) is 4.37 Å². The molecular weight excluding hydrogens is 436 g/mol. The Bertz CT molecular complexity index is 1190. The van der Waals surface area contributed by atoms with Gasteiger partial charge < -0.3 is 14.9 Å². The lowest BCUT2D eigenvalue weighted by atomic mass is 9.91. The van der Waals surface area contributed by atoms with Gasteiger partial charge in [0.1, 0.15) is 12.4 Å². The molecule has 0 aliphatic carbocycles. The third-order valence-electron chi connectivity index (χ3n) is 6.69. The lowest BCUT2D eigenvalue weighted by Crippen LogP contribution is -2.47. The molecule has 2 aliphatic rings. The minimum atomic E-state index is -0.989. The van der Waals surface area contributed by atoms with Crippen molar-refractivity contribution in [1.29, 1.82) is 0 Å². The van der Waals surface area contributed by atoms with E-state index in [1.165, 1.54) is 20.5 Å². The predicted octanol–water partition coefficient (Wildman–Crippen LogP) is 3.27. The van der Waals surface area contributed by atoms with E-state index in [1.54, 1.807) is 11.5 Å². The van der Waals surface area contributed by atoms with E-state index in [0.717, 1.165) is 56.2 Å². The molecular formula is C25H28N4O3S. The number of benzene rings is 2. The molecule has 1 atom stereocenters. The molecule has 1 fully saturated rings. The van der Waals surface area contributed by atoms with Gasteiger partial charge in [-0.05, 0) is 53.7 Å². The second-order valence-electron chi connectivity index (χ2n) is 8.97. The second kappa shape index (κ2) is 9.11. The van der Waals surface area contributed by atoms with Crippen molar-refractivity contribution in [3.63, 3.8) is 0 Å². The van der Waals surface area contributed by atoms with Crippen molar-refractivity contribution in [2.24, 2.45) is 5.92 Å². The number of anilines is 2. The number of fused-ring (bicyclic) bond motifs is 2. The SMILES string of the molecule is CC1Cc2cc(CCN3CCN(c4nsc5ccccc45)CC3)ccc2N(CC(=O)O)C1=O. The fraction of sp³-hybridized carbons (Fsp3) is 0.400. The summed E-state index contributed by atoms with van der Waals surface area (Å²) in [5.41, 5.74) is 3.05. The van der Waals surface area contributed by atoms with Gasteiger partial charge in [0.2, 0.25) is 5.91 Å². The first kappa shape index (κ1) is 21.9. The number of aliphatic carboxylic acids is 1. The molecule has 1 unspecified atom stereocenters. The smallest absolute Gasteiger partial charge is 0.323 e. The Morgan fingerprint density at radius 3 is 2.73 bits per heavy atom. The van der Waals surface area contributed by atoms with Gasteiger partial charge in [0.25, 0.3) is 0 Å². The lowest BCUT2D eigenvalue weighted by molar-refractivity contribution is -0.137. The number of nitrogens with zero attached hydrogens (tertiary/aromatic N) is 4. The zero-order chi connectivity index (χ0) is 22.9. The highest BCUT2D eigenvalue weighted by molar-refractivity contribution is 7.13. The first-order valence-corrected chi connectivity index (χ1v) is 12.2. The van der Waals surface area contributed by atoms with Crippen LogP contribution in [-0.2, 0) is 22.4 Å². The maximum absolute atomic E-state index is 12.5. The number of carbonyl (C=O) groups excluding carboxylic acids is 1. The standard InChI is InChI=1S/C25H28N4O3S/c1-17-14-19-15-18(6-7-21(19)29(25(17)32)16-23(30)31)8-9-27-10-12-28(13-11-27)24-20-4-2-3-5-22(20)33-26-24/h2-7,15,17H,8-14,16H2,1H3,(H,30,31). The molecule has 1 N–H and O–H groups in total. The van der Waals surface area contributed by atoms with Gasteiger partial charge in [0.15, 0.2) is 0 Å². The third kappa shape index (κ3) is 4.45. The number of hydrogen-bond acceptors (Lipinski definition) is 6. The molecule has 7 nitrogen and oxygen atoms in total.